The molecule has 1 amide bonds. The van der Waals surface area contributed by atoms with Crippen LogP contribution in [0.2, 0.25) is 0 Å². The van der Waals surface area contributed by atoms with E-state index in [-0.39, 0.29) is 11.8 Å². The number of methoxy groups -OCH3 is 1. The van der Waals surface area contributed by atoms with Crippen molar-refractivity contribution in [3.05, 3.63) is 71.4 Å². The van der Waals surface area contributed by atoms with E-state index in [9.17, 15) is 4.79 Å². The number of amides is 1. The maximum atomic E-state index is 12.1. The smallest absolute Gasteiger partial charge is 0.237 e. The number of fused-ring (bicyclic) bond motifs is 1. The SMILES string of the molecule is COc1ccc(Cc2cc(N=CC3C(=O)Nc4ccccc43)n[nH]2)cc1. The second kappa shape index (κ2) is 6.84. The zero-order valence-electron chi connectivity index (χ0n) is 14.3. The van der Waals surface area contributed by atoms with Crippen LogP contribution < -0.4 is 10.1 Å². The molecule has 2 aromatic carbocycles. The third-order valence-electron chi connectivity index (χ3n) is 4.36. The van der Waals surface area contributed by atoms with Gasteiger partial charge >= 0.3 is 0 Å². The van der Waals surface area contributed by atoms with Gasteiger partial charge in [-0.25, -0.2) is 4.99 Å². The zero-order chi connectivity index (χ0) is 17.9. The second-order valence-electron chi connectivity index (χ2n) is 6.11. The van der Waals surface area contributed by atoms with Crippen molar-refractivity contribution in [3.63, 3.8) is 0 Å². The molecule has 0 radical (unpaired) electrons. The average Bonchev–Trinajstić information content (AvgIpc) is 3.24. The van der Waals surface area contributed by atoms with Crippen LogP contribution in [-0.2, 0) is 11.2 Å². The van der Waals surface area contributed by atoms with Crippen molar-refractivity contribution < 1.29 is 9.53 Å². The van der Waals surface area contributed by atoms with Crippen molar-refractivity contribution in [1.82, 2.24) is 10.2 Å². The van der Waals surface area contributed by atoms with E-state index >= 15 is 0 Å². The molecule has 0 bridgehead atoms. The van der Waals surface area contributed by atoms with Crippen LogP contribution in [0.1, 0.15) is 22.7 Å². The van der Waals surface area contributed by atoms with Crippen LogP contribution in [0.4, 0.5) is 11.5 Å². The number of rotatable bonds is 5. The molecular formula is C20H18N4O2. The molecule has 0 spiro atoms. The first-order chi connectivity index (χ1) is 12.7. The molecule has 1 aliphatic heterocycles. The van der Waals surface area contributed by atoms with Crippen LogP contribution in [0.5, 0.6) is 5.75 Å². The average molecular weight is 346 g/mol. The molecule has 3 aromatic rings. The summed E-state index contributed by atoms with van der Waals surface area (Å²) < 4.78 is 5.17. The molecule has 1 unspecified atom stereocenters. The lowest BCUT2D eigenvalue weighted by Gasteiger charge is -2.01. The normalized spacial score (nSPS) is 15.9. The van der Waals surface area contributed by atoms with Crippen LogP contribution in [0.15, 0.2) is 59.6 Å². The van der Waals surface area contributed by atoms with E-state index < -0.39 is 0 Å². The fourth-order valence-corrected chi connectivity index (χ4v) is 3.00. The molecule has 0 saturated heterocycles. The summed E-state index contributed by atoms with van der Waals surface area (Å²) in [4.78, 5) is 16.5. The molecule has 0 aliphatic carbocycles. The predicted molar refractivity (Wildman–Crippen MR) is 100 cm³/mol. The third kappa shape index (κ3) is 3.21. The number of ether oxygens (including phenoxy) is 1. The Balaban J connectivity index is 1.46. The number of carbonyl (C=O) groups excluding carboxylic acids is 1. The number of H-pyrrole nitrogens is 1. The Kier molecular flexibility index (Phi) is 4.23. The Hall–Kier alpha value is -3.41. The second-order valence-corrected chi connectivity index (χ2v) is 6.11. The summed E-state index contributed by atoms with van der Waals surface area (Å²) in [6, 6.07) is 17.4. The minimum Gasteiger partial charge on any atom is -0.497 e. The zero-order valence-corrected chi connectivity index (χ0v) is 14.3. The number of hydrogen-bond donors (Lipinski definition) is 2. The number of benzene rings is 2. The predicted octanol–water partition coefficient (Wildman–Crippen LogP) is 3.45. The van der Waals surface area contributed by atoms with Crippen molar-refractivity contribution in [2.24, 2.45) is 4.99 Å². The first kappa shape index (κ1) is 16.1. The van der Waals surface area contributed by atoms with E-state index in [1.165, 1.54) is 0 Å². The Morgan fingerprint density at radius 2 is 2.00 bits per heavy atom. The van der Waals surface area contributed by atoms with Crippen LogP contribution >= 0.6 is 0 Å². The molecule has 0 fully saturated rings. The molecule has 0 saturated carbocycles. The number of aromatic nitrogens is 2. The van der Waals surface area contributed by atoms with Gasteiger partial charge < -0.3 is 10.1 Å². The molecule has 1 aromatic heterocycles. The van der Waals surface area contributed by atoms with Gasteiger partial charge in [0.25, 0.3) is 0 Å². The van der Waals surface area contributed by atoms with Crippen molar-refractivity contribution in [2.75, 3.05) is 12.4 Å². The lowest BCUT2D eigenvalue weighted by Crippen LogP contribution is -2.12. The van der Waals surface area contributed by atoms with E-state index in [4.69, 9.17) is 4.74 Å². The standard InChI is InChI=1S/C20H18N4O2/c1-26-15-8-6-13(7-9-15)10-14-11-19(24-23-14)21-12-17-16-4-2-3-5-18(16)22-20(17)25/h2-9,11-12,17H,10H2,1H3,(H,22,25)(H,23,24). The number of nitrogens with zero attached hydrogens (tertiary/aromatic N) is 2. The van der Waals surface area contributed by atoms with Crippen LogP contribution in [0, 0.1) is 0 Å². The lowest BCUT2D eigenvalue weighted by atomic mass is 10.0. The maximum Gasteiger partial charge on any atom is 0.237 e. The van der Waals surface area contributed by atoms with Gasteiger partial charge in [0.2, 0.25) is 5.91 Å². The van der Waals surface area contributed by atoms with Gasteiger partial charge in [-0.15, -0.1) is 0 Å². The highest BCUT2D eigenvalue weighted by atomic mass is 16.5. The topological polar surface area (TPSA) is 79.4 Å². The van der Waals surface area contributed by atoms with Crippen molar-refractivity contribution in [2.45, 2.75) is 12.3 Å². The molecule has 6 heteroatoms. The van der Waals surface area contributed by atoms with Gasteiger partial charge in [-0.1, -0.05) is 30.3 Å². The van der Waals surface area contributed by atoms with Gasteiger partial charge in [-0.2, -0.15) is 5.10 Å². The molecular weight excluding hydrogens is 328 g/mol. The van der Waals surface area contributed by atoms with E-state index in [0.29, 0.717) is 5.82 Å². The minimum absolute atomic E-state index is 0.0658. The van der Waals surface area contributed by atoms with Crippen LogP contribution in [0.3, 0.4) is 0 Å². The number of aliphatic imine (C=N–C) groups is 1. The number of anilines is 1. The van der Waals surface area contributed by atoms with E-state index in [2.05, 4.69) is 20.5 Å². The molecule has 4 rings (SSSR count). The van der Waals surface area contributed by atoms with E-state index in [0.717, 1.165) is 34.7 Å². The molecule has 2 heterocycles. The van der Waals surface area contributed by atoms with Gasteiger partial charge in [0.1, 0.15) is 11.7 Å². The summed E-state index contributed by atoms with van der Waals surface area (Å²) in [6.07, 6.45) is 2.37. The third-order valence-corrected chi connectivity index (χ3v) is 4.36. The summed E-state index contributed by atoms with van der Waals surface area (Å²) in [5.74, 6) is 0.946. The van der Waals surface area contributed by atoms with Crippen LogP contribution in [0.25, 0.3) is 0 Å². The monoisotopic (exact) mass is 346 g/mol. The molecule has 26 heavy (non-hydrogen) atoms. The fraction of sp³-hybridized carbons (Fsp3) is 0.150. The van der Waals surface area contributed by atoms with Gasteiger partial charge in [-0.3, -0.25) is 9.89 Å². The number of para-hydroxylation sites is 1. The lowest BCUT2D eigenvalue weighted by molar-refractivity contribution is -0.115. The number of carbonyl (C=O) groups is 1. The van der Waals surface area contributed by atoms with Gasteiger partial charge in [0.05, 0.1) is 7.11 Å². The first-order valence-corrected chi connectivity index (χ1v) is 8.34. The highest BCUT2D eigenvalue weighted by Gasteiger charge is 2.28. The number of hydrogen-bond acceptors (Lipinski definition) is 4. The molecule has 130 valence electrons. The highest BCUT2D eigenvalue weighted by molar-refractivity contribution is 6.12. The van der Waals surface area contributed by atoms with Crippen molar-refractivity contribution in [3.8, 4) is 5.75 Å². The maximum absolute atomic E-state index is 12.1. The fourth-order valence-electron chi connectivity index (χ4n) is 3.00. The van der Waals surface area contributed by atoms with Gasteiger partial charge in [0, 0.05) is 30.1 Å². The Labute approximate surface area is 150 Å². The molecule has 2 N–H and O–H groups in total. The molecule has 1 atom stereocenters. The Morgan fingerprint density at radius 1 is 1.19 bits per heavy atom. The van der Waals surface area contributed by atoms with E-state index in [1.807, 2.05) is 54.6 Å². The van der Waals surface area contributed by atoms with Crippen molar-refractivity contribution in [1.29, 1.82) is 0 Å². The summed E-state index contributed by atoms with van der Waals surface area (Å²) in [5.41, 5.74) is 3.89. The first-order valence-electron chi connectivity index (χ1n) is 8.34. The summed E-state index contributed by atoms with van der Waals surface area (Å²) in [5, 5.41) is 10.1. The highest BCUT2D eigenvalue weighted by Crippen LogP contribution is 2.31. The Bertz CT molecular complexity index is 960. The van der Waals surface area contributed by atoms with Crippen LogP contribution in [-0.4, -0.2) is 29.4 Å². The van der Waals surface area contributed by atoms with Crippen molar-refractivity contribution >= 4 is 23.6 Å². The van der Waals surface area contributed by atoms with Gasteiger partial charge in [0.15, 0.2) is 5.82 Å². The minimum atomic E-state index is -0.382. The number of aromatic amines is 1. The quantitative estimate of drug-likeness (QED) is 0.695. The molecule has 1 aliphatic rings. The number of nitrogens with one attached hydrogen (secondary N) is 2. The summed E-state index contributed by atoms with van der Waals surface area (Å²) >= 11 is 0. The molecule has 6 nitrogen and oxygen atoms in total. The largest absolute Gasteiger partial charge is 0.497 e. The van der Waals surface area contributed by atoms with Gasteiger partial charge in [-0.05, 0) is 29.3 Å². The Morgan fingerprint density at radius 3 is 2.81 bits per heavy atom. The summed E-state index contributed by atoms with van der Waals surface area (Å²) in [7, 11) is 1.65. The van der Waals surface area contributed by atoms with E-state index in [1.54, 1.807) is 13.3 Å². The summed E-state index contributed by atoms with van der Waals surface area (Å²) in [6.45, 7) is 0.